The highest BCUT2D eigenvalue weighted by Crippen LogP contribution is 2.37. The number of ether oxygens (including phenoxy) is 4. The molecule has 0 saturated heterocycles. The van der Waals surface area contributed by atoms with Crippen molar-refractivity contribution in [1.82, 2.24) is 4.57 Å². The maximum atomic E-state index is 12.8. The third kappa shape index (κ3) is 2.82. The fourth-order valence-corrected chi connectivity index (χ4v) is 4.21. The van der Waals surface area contributed by atoms with Gasteiger partial charge >= 0.3 is 0 Å². The Morgan fingerprint density at radius 3 is 2.79 bits per heavy atom. The lowest BCUT2D eigenvalue weighted by molar-refractivity contribution is -0.127. The van der Waals surface area contributed by atoms with Crippen LogP contribution in [0.15, 0.2) is 54.0 Å². The molecule has 2 aliphatic heterocycles. The Kier molecular flexibility index (Phi) is 4.05. The van der Waals surface area contributed by atoms with Crippen LogP contribution >= 0.6 is 11.3 Å². The first-order valence-electron chi connectivity index (χ1n) is 8.74. The summed E-state index contributed by atoms with van der Waals surface area (Å²) in [5.41, 5.74) is 0.909. The lowest BCUT2D eigenvalue weighted by Gasteiger charge is -2.23. The molecule has 142 valence electrons. The molecule has 0 radical (unpaired) electrons. The third-order valence-electron chi connectivity index (χ3n) is 4.48. The number of aromatic nitrogens is 1. The molecule has 0 N–H and O–H groups in total. The zero-order chi connectivity index (χ0) is 19.1. The molecule has 0 saturated carbocycles. The highest BCUT2D eigenvalue weighted by molar-refractivity contribution is 7.16. The predicted molar refractivity (Wildman–Crippen MR) is 103 cm³/mol. The lowest BCUT2D eigenvalue weighted by atomic mass is 10.2. The van der Waals surface area contributed by atoms with E-state index in [1.807, 2.05) is 28.8 Å². The molecule has 0 aliphatic carbocycles. The molecule has 8 heteroatoms. The van der Waals surface area contributed by atoms with Crippen molar-refractivity contribution in [2.75, 3.05) is 13.4 Å². The summed E-state index contributed by atoms with van der Waals surface area (Å²) in [6, 6.07) is 11.1. The van der Waals surface area contributed by atoms with E-state index in [1.54, 1.807) is 18.2 Å². The number of rotatable bonds is 3. The topological polar surface area (TPSA) is 71.3 Å². The van der Waals surface area contributed by atoms with Crippen LogP contribution in [0.2, 0.25) is 0 Å². The minimum atomic E-state index is -0.783. The average molecular weight is 396 g/mol. The quantitative estimate of drug-likeness (QED) is 0.637. The highest BCUT2D eigenvalue weighted by atomic mass is 32.1. The zero-order valence-corrected chi connectivity index (χ0v) is 15.6. The number of carbonyl (C=O) groups excluding carboxylic acids is 1. The van der Waals surface area contributed by atoms with E-state index in [0.29, 0.717) is 34.3 Å². The van der Waals surface area contributed by atoms with Crippen LogP contribution in [-0.4, -0.2) is 30.0 Å². The molecule has 3 aromatic rings. The Hall–Kier alpha value is -3.26. The molecule has 7 nitrogen and oxygen atoms in total. The van der Waals surface area contributed by atoms with Crippen LogP contribution in [0.3, 0.4) is 0 Å². The van der Waals surface area contributed by atoms with E-state index in [0.717, 1.165) is 10.2 Å². The fourth-order valence-electron chi connectivity index (χ4n) is 3.16. The molecule has 1 amide bonds. The van der Waals surface area contributed by atoms with Crippen molar-refractivity contribution in [2.24, 2.45) is 4.99 Å². The van der Waals surface area contributed by atoms with Gasteiger partial charge in [-0.3, -0.25) is 4.79 Å². The van der Waals surface area contributed by atoms with Gasteiger partial charge in [0.25, 0.3) is 5.91 Å². The molecule has 1 unspecified atom stereocenters. The molecule has 3 heterocycles. The second-order valence-electron chi connectivity index (χ2n) is 6.27. The van der Waals surface area contributed by atoms with Gasteiger partial charge in [-0.05, 0) is 12.1 Å². The lowest BCUT2D eigenvalue weighted by Crippen LogP contribution is -2.36. The van der Waals surface area contributed by atoms with Crippen molar-refractivity contribution >= 4 is 27.5 Å². The summed E-state index contributed by atoms with van der Waals surface area (Å²) in [5.74, 6) is 2.16. The number of hydrogen-bond acceptors (Lipinski definition) is 6. The van der Waals surface area contributed by atoms with Crippen molar-refractivity contribution in [3.63, 3.8) is 0 Å². The van der Waals surface area contributed by atoms with Gasteiger partial charge in [0.2, 0.25) is 12.9 Å². The van der Waals surface area contributed by atoms with E-state index in [9.17, 15) is 4.79 Å². The van der Waals surface area contributed by atoms with Gasteiger partial charge in [-0.25, -0.2) is 0 Å². The number of fused-ring (bicyclic) bond motifs is 3. The Morgan fingerprint density at radius 2 is 1.96 bits per heavy atom. The smallest absolute Gasteiger partial charge is 0.292 e. The first-order valence-corrected chi connectivity index (χ1v) is 9.55. The summed E-state index contributed by atoms with van der Waals surface area (Å²) in [5, 5.41) is 0. The van der Waals surface area contributed by atoms with Crippen LogP contribution in [0.1, 0.15) is 0 Å². The molecular formula is C20H16N2O5S. The number of para-hydroxylation sites is 2. The molecule has 1 aromatic heterocycles. The largest absolute Gasteiger partial charge is 0.485 e. The molecule has 5 rings (SSSR count). The van der Waals surface area contributed by atoms with E-state index in [1.165, 1.54) is 11.3 Å². The SMILES string of the molecule is C=CCn1c(=NC(=O)C2COc3ccccc3O2)sc2cc3c(cc21)OCO3. The first-order chi connectivity index (χ1) is 13.7. The van der Waals surface area contributed by atoms with Gasteiger partial charge in [0, 0.05) is 18.7 Å². The minimum Gasteiger partial charge on any atom is -0.485 e. The summed E-state index contributed by atoms with van der Waals surface area (Å²) in [7, 11) is 0. The average Bonchev–Trinajstić information content (AvgIpc) is 3.30. The van der Waals surface area contributed by atoms with Crippen molar-refractivity contribution in [1.29, 1.82) is 0 Å². The van der Waals surface area contributed by atoms with Gasteiger partial charge in [0.05, 0.1) is 10.2 Å². The van der Waals surface area contributed by atoms with Gasteiger partial charge in [0.1, 0.15) is 6.61 Å². The van der Waals surface area contributed by atoms with Gasteiger partial charge in [0.15, 0.2) is 27.8 Å². The van der Waals surface area contributed by atoms with Crippen molar-refractivity contribution < 1.29 is 23.7 Å². The Morgan fingerprint density at radius 1 is 1.18 bits per heavy atom. The summed E-state index contributed by atoms with van der Waals surface area (Å²) in [6.45, 7) is 4.66. The Balaban J connectivity index is 1.53. The maximum Gasteiger partial charge on any atom is 0.292 e. The van der Waals surface area contributed by atoms with E-state index in [4.69, 9.17) is 18.9 Å². The zero-order valence-electron chi connectivity index (χ0n) is 14.8. The number of hydrogen-bond donors (Lipinski definition) is 0. The van der Waals surface area contributed by atoms with Crippen LogP contribution < -0.4 is 23.7 Å². The van der Waals surface area contributed by atoms with Crippen LogP contribution in [0.25, 0.3) is 10.2 Å². The highest BCUT2D eigenvalue weighted by Gasteiger charge is 2.27. The Bertz CT molecular complexity index is 1160. The fraction of sp³-hybridized carbons (Fsp3) is 0.200. The third-order valence-corrected chi connectivity index (χ3v) is 5.52. The van der Waals surface area contributed by atoms with E-state index >= 15 is 0 Å². The predicted octanol–water partition coefficient (Wildman–Crippen LogP) is 2.88. The number of nitrogens with zero attached hydrogens (tertiary/aromatic N) is 2. The molecule has 0 bridgehead atoms. The van der Waals surface area contributed by atoms with Gasteiger partial charge in [-0.15, -0.1) is 6.58 Å². The molecule has 28 heavy (non-hydrogen) atoms. The number of benzene rings is 2. The number of carbonyl (C=O) groups is 1. The first kappa shape index (κ1) is 16.9. The summed E-state index contributed by atoms with van der Waals surface area (Å²) in [6.07, 6.45) is 0.977. The monoisotopic (exact) mass is 396 g/mol. The van der Waals surface area contributed by atoms with Crippen molar-refractivity contribution in [2.45, 2.75) is 12.6 Å². The molecule has 0 spiro atoms. The van der Waals surface area contributed by atoms with Crippen LogP contribution in [0, 0.1) is 0 Å². The van der Waals surface area contributed by atoms with E-state index < -0.39 is 6.10 Å². The molecule has 0 fully saturated rings. The molecule has 2 aromatic carbocycles. The van der Waals surface area contributed by atoms with Gasteiger partial charge in [-0.1, -0.05) is 29.5 Å². The van der Waals surface area contributed by atoms with Crippen LogP contribution in [-0.2, 0) is 11.3 Å². The van der Waals surface area contributed by atoms with E-state index in [-0.39, 0.29) is 19.3 Å². The van der Waals surface area contributed by atoms with Crippen molar-refractivity contribution in [3.8, 4) is 23.0 Å². The summed E-state index contributed by atoms with van der Waals surface area (Å²) in [4.78, 5) is 17.6. The number of thiazole rings is 1. The van der Waals surface area contributed by atoms with Crippen molar-refractivity contribution in [3.05, 3.63) is 53.9 Å². The molecule has 2 aliphatic rings. The van der Waals surface area contributed by atoms with Crippen LogP contribution in [0.4, 0.5) is 0 Å². The maximum absolute atomic E-state index is 12.8. The van der Waals surface area contributed by atoms with Crippen LogP contribution in [0.5, 0.6) is 23.0 Å². The van der Waals surface area contributed by atoms with Gasteiger partial charge in [-0.2, -0.15) is 4.99 Å². The number of allylic oxidation sites excluding steroid dienone is 1. The second kappa shape index (κ2) is 6.72. The standard InChI is InChI=1S/C20H16N2O5S/c1-2-7-22-12-8-15-16(26-11-25-15)9-18(12)28-20(22)21-19(23)17-10-24-13-5-3-4-6-14(13)27-17/h2-6,8-9,17H,1,7,10-11H2. The second-order valence-corrected chi connectivity index (χ2v) is 7.28. The molecular weight excluding hydrogens is 380 g/mol. The summed E-state index contributed by atoms with van der Waals surface area (Å²) < 4.78 is 25.2. The molecule has 1 atom stereocenters. The minimum absolute atomic E-state index is 0.127. The normalized spacial score (nSPS) is 17.7. The number of amides is 1. The van der Waals surface area contributed by atoms with Gasteiger partial charge < -0.3 is 23.5 Å². The Labute approximate surface area is 164 Å². The summed E-state index contributed by atoms with van der Waals surface area (Å²) >= 11 is 1.40. The van der Waals surface area contributed by atoms with E-state index in [2.05, 4.69) is 11.6 Å².